The molecule has 1 N–H and O–H groups in total. The Morgan fingerprint density at radius 1 is 1.17 bits per heavy atom. The van der Waals surface area contributed by atoms with E-state index in [4.69, 9.17) is 0 Å². The van der Waals surface area contributed by atoms with Gasteiger partial charge in [-0.1, -0.05) is 19.3 Å². The SMILES string of the molecule is CC(NCCS(=O)(=O)C(C)(C)C)C1CCCCC1. The van der Waals surface area contributed by atoms with Gasteiger partial charge in [0.1, 0.15) is 0 Å². The first-order valence-corrected chi connectivity index (χ1v) is 8.85. The van der Waals surface area contributed by atoms with Crippen LogP contribution in [0.1, 0.15) is 59.8 Å². The van der Waals surface area contributed by atoms with Crippen LogP contribution in [0.25, 0.3) is 0 Å². The molecule has 0 aromatic rings. The Hall–Kier alpha value is -0.0900. The van der Waals surface area contributed by atoms with E-state index < -0.39 is 14.6 Å². The van der Waals surface area contributed by atoms with Gasteiger partial charge < -0.3 is 5.32 Å². The molecule has 0 heterocycles. The first kappa shape index (κ1) is 16.0. The van der Waals surface area contributed by atoms with Gasteiger partial charge in [-0.05, 0) is 46.5 Å². The highest BCUT2D eigenvalue weighted by Gasteiger charge is 2.28. The van der Waals surface area contributed by atoms with Gasteiger partial charge in [-0.2, -0.15) is 0 Å². The second kappa shape index (κ2) is 6.38. The second-order valence-corrected chi connectivity index (χ2v) is 9.43. The van der Waals surface area contributed by atoms with Crippen molar-refractivity contribution in [1.29, 1.82) is 0 Å². The molecule has 0 amide bonds. The predicted molar refractivity (Wildman–Crippen MR) is 77.6 cm³/mol. The highest BCUT2D eigenvalue weighted by Crippen LogP contribution is 2.26. The van der Waals surface area contributed by atoms with Crippen LogP contribution in [0.2, 0.25) is 0 Å². The zero-order chi connectivity index (χ0) is 13.8. The van der Waals surface area contributed by atoms with Gasteiger partial charge in [0.25, 0.3) is 0 Å². The summed E-state index contributed by atoms with van der Waals surface area (Å²) in [7, 11) is -2.99. The Kier molecular flexibility index (Phi) is 5.66. The lowest BCUT2D eigenvalue weighted by atomic mass is 9.84. The lowest BCUT2D eigenvalue weighted by Crippen LogP contribution is -2.40. The van der Waals surface area contributed by atoms with Crippen molar-refractivity contribution in [2.45, 2.75) is 70.6 Å². The van der Waals surface area contributed by atoms with Crippen molar-refractivity contribution in [3.05, 3.63) is 0 Å². The van der Waals surface area contributed by atoms with Crippen LogP contribution in [0.15, 0.2) is 0 Å². The van der Waals surface area contributed by atoms with Crippen LogP contribution in [-0.2, 0) is 9.84 Å². The summed E-state index contributed by atoms with van der Waals surface area (Å²) in [5.74, 6) is 0.976. The molecule has 0 aliphatic heterocycles. The summed E-state index contributed by atoms with van der Waals surface area (Å²) >= 11 is 0. The third-order valence-corrected chi connectivity index (χ3v) is 6.73. The minimum atomic E-state index is -2.99. The molecule has 1 fully saturated rings. The summed E-state index contributed by atoms with van der Waals surface area (Å²) in [6.45, 7) is 8.09. The van der Waals surface area contributed by atoms with Crippen LogP contribution in [0.4, 0.5) is 0 Å². The van der Waals surface area contributed by atoms with E-state index in [9.17, 15) is 8.42 Å². The van der Waals surface area contributed by atoms with Gasteiger partial charge >= 0.3 is 0 Å². The van der Waals surface area contributed by atoms with Gasteiger partial charge in [0.05, 0.1) is 10.5 Å². The molecule has 0 bridgehead atoms. The fraction of sp³-hybridized carbons (Fsp3) is 1.00. The fourth-order valence-electron chi connectivity index (χ4n) is 2.53. The van der Waals surface area contributed by atoms with Crippen LogP contribution in [0.3, 0.4) is 0 Å². The smallest absolute Gasteiger partial charge is 0.156 e. The molecule has 108 valence electrons. The summed E-state index contributed by atoms with van der Waals surface area (Å²) in [5, 5.41) is 3.40. The average Bonchev–Trinajstić information content (AvgIpc) is 2.28. The zero-order valence-corrected chi connectivity index (χ0v) is 13.1. The molecule has 1 aliphatic carbocycles. The lowest BCUT2D eigenvalue weighted by molar-refractivity contribution is 0.285. The molecule has 1 rings (SSSR count). The molecule has 4 heteroatoms. The molecule has 0 radical (unpaired) electrons. The van der Waals surface area contributed by atoms with Crippen LogP contribution in [-0.4, -0.2) is 31.5 Å². The highest BCUT2D eigenvalue weighted by atomic mass is 32.2. The number of nitrogens with one attached hydrogen (secondary N) is 1. The summed E-state index contributed by atoms with van der Waals surface area (Å²) in [6.07, 6.45) is 6.61. The van der Waals surface area contributed by atoms with Crippen molar-refractivity contribution in [2.75, 3.05) is 12.3 Å². The number of hydrogen-bond acceptors (Lipinski definition) is 3. The summed E-state index contributed by atoms with van der Waals surface area (Å²) in [6, 6.07) is 0.445. The van der Waals surface area contributed by atoms with Gasteiger partial charge in [-0.25, -0.2) is 8.42 Å². The first-order chi connectivity index (χ1) is 8.24. The Morgan fingerprint density at radius 2 is 1.72 bits per heavy atom. The molecular formula is C14H29NO2S. The molecule has 0 spiro atoms. The largest absolute Gasteiger partial charge is 0.313 e. The minimum Gasteiger partial charge on any atom is -0.313 e. The quantitative estimate of drug-likeness (QED) is 0.839. The van der Waals surface area contributed by atoms with Crippen molar-refractivity contribution >= 4 is 9.84 Å². The normalized spacial score (nSPS) is 20.9. The lowest BCUT2D eigenvalue weighted by Gasteiger charge is -2.29. The van der Waals surface area contributed by atoms with Crippen molar-refractivity contribution in [1.82, 2.24) is 5.32 Å². The van der Waals surface area contributed by atoms with Gasteiger partial charge in [0.15, 0.2) is 9.84 Å². The molecule has 1 saturated carbocycles. The molecular weight excluding hydrogens is 246 g/mol. The maximum Gasteiger partial charge on any atom is 0.156 e. The maximum absolute atomic E-state index is 12.0. The minimum absolute atomic E-state index is 0.244. The van der Waals surface area contributed by atoms with Gasteiger partial charge in [0.2, 0.25) is 0 Å². The van der Waals surface area contributed by atoms with Crippen LogP contribution >= 0.6 is 0 Å². The topological polar surface area (TPSA) is 46.2 Å². The fourth-order valence-corrected chi connectivity index (χ4v) is 3.53. The van der Waals surface area contributed by atoms with Crippen molar-refractivity contribution in [3.8, 4) is 0 Å². The molecule has 0 aromatic carbocycles. The highest BCUT2D eigenvalue weighted by molar-refractivity contribution is 7.92. The van der Waals surface area contributed by atoms with E-state index in [1.54, 1.807) is 20.8 Å². The predicted octanol–water partition coefficient (Wildman–Crippen LogP) is 2.76. The van der Waals surface area contributed by atoms with E-state index in [0.29, 0.717) is 12.6 Å². The van der Waals surface area contributed by atoms with E-state index in [1.165, 1.54) is 32.1 Å². The molecule has 0 saturated heterocycles. The zero-order valence-electron chi connectivity index (χ0n) is 12.3. The third-order valence-electron chi connectivity index (χ3n) is 4.13. The van der Waals surface area contributed by atoms with Gasteiger partial charge in [0, 0.05) is 12.6 Å². The molecule has 0 aromatic heterocycles. The molecule has 1 unspecified atom stereocenters. The van der Waals surface area contributed by atoms with Gasteiger partial charge in [-0.15, -0.1) is 0 Å². The molecule has 1 aliphatic rings. The van der Waals surface area contributed by atoms with Crippen molar-refractivity contribution in [3.63, 3.8) is 0 Å². The second-order valence-electron chi connectivity index (χ2n) is 6.57. The number of hydrogen-bond donors (Lipinski definition) is 1. The monoisotopic (exact) mass is 275 g/mol. The Balaban J connectivity index is 2.33. The van der Waals surface area contributed by atoms with Gasteiger partial charge in [-0.3, -0.25) is 0 Å². The van der Waals surface area contributed by atoms with Crippen molar-refractivity contribution < 1.29 is 8.42 Å². The van der Waals surface area contributed by atoms with E-state index in [2.05, 4.69) is 12.2 Å². The van der Waals surface area contributed by atoms with E-state index in [0.717, 1.165) is 5.92 Å². The Morgan fingerprint density at radius 3 is 2.22 bits per heavy atom. The Bertz CT molecular complexity index is 337. The number of sulfone groups is 1. The number of rotatable bonds is 5. The van der Waals surface area contributed by atoms with E-state index in [-0.39, 0.29) is 5.75 Å². The Labute approximate surface area is 113 Å². The summed E-state index contributed by atoms with van der Waals surface area (Å²) in [5.41, 5.74) is 0. The van der Waals surface area contributed by atoms with Crippen molar-refractivity contribution in [2.24, 2.45) is 5.92 Å². The standard InChI is InChI=1S/C14H29NO2S/c1-12(13-8-6-5-7-9-13)15-10-11-18(16,17)14(2,3)4/h12-13,15H,5-11H2,1-4H3. The third kappa shape index (κ3) is 4.54. The molecule has 1 atom stereocenters. The van der Waals surface area contributed by atoms with Crippen LogP contribution < -0.4 is 5.32 Å². The molecule has 3 nitrogen and oxygen atoms in total. The van der Waals surface area contributed by atoms with Crippen LogP contribution in [0.5, 0.6) is 0 Å². The first-order valence-electron chi connectivity index (χ1n) is 7.20. The molecule has 18 heavy (non-hydrogen) atoms. The maximum atomic E-state index is 12.0. The average molecular weight is 275 g/mol. The van der Waals surface area contributed by atoms with E-state index >= 15 is 0 Å². The van der Waals surface area contributed by atoms with Crippen LogP contribution in [0, 0.1) is 5.92 Å². The van der Waals surface area contributed by atoms with E-state index in [1.807, 2.05) is 0 Å². The summed E-state index contributed by atoms with van der Waals surface area (Å²) in [4.78, 5) is 0. The summed E-state index contributed by atoms with van der Waals surface area (Å²) < 4.78 is 23.3.